The molecule has 1 aliphatic rings. The summed E-state index contributed by atoms with van der Waals surface area (Å²) in [5.41, 5.74) is 4.25. The molecule has 1 heterocycles. The van der Waals surface area contributed by atoms with Crippen LogP contribution in [0, 0.1) is 5.82 Å². The van der Waals surface area contributed by atoms with Crippen LogP contribution in [0.5, 0.6) is 0 Å². The number of aromatic amines is 1. The van der Waals surface area contributed by atoms with Gasteiger partial charge >= 0.3 is 0 Å². The summed E-state index contributed by atoms with van der Waals surface area (Å²) < 4.78 is 13.5. The van der Waals surface area contributed by atoms with Gasteiger partial charge in [-0.2, -0.15) is 5.10 Å². The number of aryl methyl sites for hydroxylation is 1. The van der Waals surface area contributed by atoms with Crippen LogP contribution in [0.2, 0.25) is 0 Å². The van der Waals surface area contributed by atoms with Crippen molar-refractivity contribution in [1.29, 1.82) is 0 Å². The minimum absolute atomic E-state index is 0.369. The topological polar surface area (TPSA) is 57.8 Å². The monoisotopic (exact) mass is 285 g/mol. The van der Waals surface area contributed by atoms with Gasteiger partial charge in [-0.25, -0.2) is 4.39 Å². The number of amides is 1. The summed E-state index contributed by atoms with van der Waals surface area (Å²) in [7, 11) is 0. The first-order valence-electron chi connectivity index (χ1n) is 6.98. The second-order valence-corrected chi connectivity index (χ2v) is 5.12. The quantitative estimate of drug-likeness (QED) is 0.851. The zero-order valence-electron chi connectivity index (χ0n) is 11.6. The molecule has 0 saturated heterocycles. The molecule has 0 aliphatic heterocycles. The molecule has 1 aromatic heterocycles. The Morgan fingerprint density at radius 1 is 1.38 bits per heavy atom. The Kier molecular flexibility index (Phi) is 3.56. The first kappa shape index (κ1) is 13.5. The van der Waals surface area contributed by atoms with E-state index in [0.717, 1.165) is 48.7 Å². The van der Waals surface area contributed by atoms with Crippen molar-refractivity contribution in [2.24, 2.45) is 0 Å². The fourth-order valence-corrected chi connectivity index (χ4v) is 2.71. The molecule has 0 fully saturated rings. The summed E-state index contributed by atoms with van der Waals surface area (Å²) >= 11 is 0. The highest BCUT2D eigenvalue weighted by atomic mass is 19.1. The molecule has 1 aliphatic carbocycles. The molecular formula is C16H16FN3O. The number of aromatic nitrogens is 2. The van der Waals surface area contributed by atoms with E-state index < -0.39 is 5.82 Å². The van der Waals surface area contributed by atoms with Crippen LogP contribution in [0.1, 0.15) is 24.1 Å². The fourth-order valence-electron chi connectivity index (χ4n) is 2.71. The number of nitrogens with zero attached hydrogens (tertiary/aromatic N) is 1. The Hall–Kier alpha value is -2.43. The van der Waals surface area contributed by atoms with Crippen LogP contribution in [-0.4, -0.2) is 16.1 Å². The van der Waals surface area contributed by atoms with Crippen LogP contribution >= 0.6 is 0 Å². The van der Waals surface area contributed by atoms with E-state index in [1.54, 1.807) is 6.07 Å². The number of benzene rings is 1. The summed E-state index contributed by atoms with van der Waals surface area (Å²) in [5.74, 6) is -0.770. The van der Waals surface area contributed by atoms with Gasteiger partial charge in [0, 0.05) is 16.8 Å². The zero-order valence-corrected chi connectivity index (χ0v) is 11.6. The van der Waals surface area contributed by atoms with Gasteiger partial charge in [-0.15, -0.1) is 0 Å². The van der Waals surface area contributed by atoms with Gasteiger partial charge in [0.15, 0.2) is 0 Å². The lowest BCUT2D eigenvalue weighted by Crippen LogP contribution is -2.09. The maximum Gasteiger partial charge on any atom is 0.247 e. The Bertz CT molecular complexity index is 706. The second kappa shape index (κ2) is 5.52. The van der Waals surface area contributed by atoms with Crippen molar-refractivity contribution < 1.29 is 9.18 Å². The third-order valence-electron chi connectivity index (χ3n) is 3.74. The van der Waals surface area contributed by atoms with Gasteiger partial charge in [-0.1, -0.05) is 6.58 Å². The van der Waals surface area contributed by atoms with Crippen molar-refractivity contribution in [2.45, 2.75) is 25.7 Å². The average Bonchev–Trinajstić information content (AvgIpc) is 2.91. The second-order valence-electron chi connectivity index (χ2n) is 5.12. The molecule has 2 aromatic rings. The Morgan fingerprint density at radius 2 is 2.19 bits per heavy atom. The molecule has 0 spiro atoms. The van der Waals surface area contributed by atoms with Crippen LogP contribution in [0.3, 0.4) is 0 Å². The lowest BCUT2D eigenvalue weighted by molar-refractivity contribution is -0.111. The van der Waals surface area contributed by atoms with Crippen LogP contribution in [0.15, 0.2) is 30.9 Å². The van der Waals surface area contributed by atoms with Crippen LogP contribution in [0.25, 0.3) is 11.3 Å². The minimum atomic E-state index is -0.400. The summed E-state index contributed by atoms with van der Waals surface area (Å²) in [5, 5.41) is 10.1. The molecule has 2 N–H and O–H groups in total. The van der Waals surface area contributed by atoms with E-state index >= 15 is 0 Å². The van der Waals surface area contributed by atoms with E-state index in [2.05, 4.69) is 22.1 Å². The van der Waals surface area contributed by atoms with E-state index in [0.29, 0.717) is 5.69 Å². The first-order chi connectivity index (χ1) is 10.2. The Labute approximate surface area is 122 Å². The highest BCUT2D eigenvalue weighted by Crippen LogP contribution is 2.34. The van der Waals surface area contributed by atoms with Crippen molar-refractivity contribution >= 4 is 11.6 Å². The molecule has 21 heavy (non-hydrogen) atoms. The average molecular weight is 285 g/mol. The molecule has 1 aromatic carbocycles. The van der Waals surface area contributed by atoms with Gasteiger partial charge in [0.05, 0.1) is 11.4 Å². The molecule has 0 bridgehead atoms. The van der Waals surface area contributed by atoms with Gasteiger partial charge in [-0.3, -0.25) is 9.89 Å². The number of hydrogen-bond donors (Lipinski definition) is 2. The number of fused-ring (bicyclic) bond motifs is 1. The van der Waals surface area contributed by atoms with Gasteiger partial charge in [0.25, 0.3) is 0 Å². The van der Waals surface area contributed by atoms with Crippen molar-refractivity contribution in [3.63, 3.8) is 0 Å². The number of anilines is 1. The predicted octanol–water partition coefficient (Wildman–Crippen LogP) is 3.22. The van der Waals surface area contributed by atoms with E-state index in [1.807, 2.05) is 0 Å². The minimum Gasteiger partial charge on any atom is -0.322 e. The highest BCUT2D eigenvalue weighted by molar-refractivity contribution is 6.01. The predicted molar refractivity (Wildman–Crippen MR) is 79.5 cm³/mol. The van der Waals surface area contributed by atoms with Crippen LogP contribution in [-0.2, 0) is 17.6 Å². The van der Waals surface area contributed by atoms with E-state index in [4.69, 9.17) is 0 Å². The summed E-state index contributed by atoms with van der Waals surface area (Å²) in [6.07, 6.45) is 5.37. The zero-order chi connectivity index (χ0) is 14.8. The highest BCUT2D eigenvalue weighted by Gasteiger charge is 2.20. The SMILES string of the molecule is C=CC(=O)Nc1cc(F)ccc1-c1n[nH]c2c1CCCC2. The molecule has 5 heteroatoms. The Morgan fingerprint density at radius 3 is 3.00 bits per heavy atom. The fraction of sp³-hybridized carbons (Fsp3) is 0.250. The Balaban J connectivity index is 2.07. The number of H-pyrrole nitrogens is 1. The van der Waals surface area contributed by atoms with Crippen molar-refractivity contribution in [2.75, 3.05) is 5.32 Å². The molecule has 4 nitrogen and oxygen atoms in total. The van der Waals surface area contributed by atoms with Gasteiger partial charge < -0.3 is 5.32 Å². The maximum absolute atomic E-state index is 13.5. The number of nitrogens with one attached hydrogen (secondary N) is 2. The first-order valence-corrected chi connectivity index (χ1v) is 6.98. The lowest BCUT2D eigenvalue weighted by atomic mass is 9.93. The lowest BCUT2D eigenvalue weighted by Gasteiger charge is -2.13. The molecular weight excluding hydrogens is 269 g/mol. The molecule has 3 rings (SSSR count). The standard InChI is InChI=1S/C16H16FN3O/c1-2-15(21)18-14-9-10(17)7-8-12(14)16-11-5-3-4-6-13(11)19-20-16/h2,7-9H,1,3-6H2,(H,18,21)(H,19,20). The van der Waals surface area contributed by atoms with Crippen molar-refractivity contribution in [3.05, 3.63) is 47.9 Å². The molecule has 0 atom stereocenters. The third kappa shape index (κ3) is 2.59. The number of carbonyl (C=O) groups is 1. The molecule has 0 saturated carbocycles. The van der Waals surface area contributed by atoms with Gasteiger partial charge in [0.1, 0.15) is 5.82 Å². The normalized spacial score (nSPS) is 13.6. The van der Waals surface area contributed by atoms with Crippen molar-refractivity contribution in [3.8, 4) is 11.3 Å². The molecule has 0 unspecified atom stereocenters. The van der Waals surface area contributed by atoms with Crippen LogP contribution in [0.4, 0.5) is 10.1 Å². The summed E-state index contributed by atoms with van der Waals surface area (Å²) in [6, 6.07) is 4.34. The summed E-state index contributed by atoms with van der Waals surface area (Å²) in [4.78, 5) is 11.5. The number of carbonyl (C=O) groups excluding carboxylic acids is 1. The number of hydrogen-bond acceptors (Lipinski definition) is 2. The van der Waals surface area contributed by atoms with E-state index in [1.165, 1.54) is 17.7 Å². The number of halogens is 1. The smallest absolute Gasteiger partial charge is 0.247 e. The number of rotatable bonds is 3. The molecule has 1 amide bonds. The van der Waals surface area contributed by atoms with Crippen LogP contribution < -0.4 is 5.32 Å². The summed E-state index contributed by atoms with van der Waals surface area (Å²) in [6.45, 7) is 3.41. The van der Waals surface area contributed by atoms with E-state index in [9.17, 15) is 9.18 Å². The largest absolute Gasteiger partial charge is 0.322 e. The molecule has 0 radical (unpaired) electrons. The van der Waals surface area contributed by atoms with Gasteiger partial charge in [-0.05, 0) is 50.0 Å². The molecule has 108 valence electrons. The van der Waals surface area contributed by atoms with Crippen molar-refractivity contribution in [1.82, 2.24) is 10.2 Å². The third-order valence-corrected chi connectivity index (χ3v) is 3.74. The van der Waals surface area contributed by atoms with E-state index in [-0.39, 0.29) is 5.91 Å². The maximum atomic E-state index is 13.5. The van der Waals surface area contributed by atoms with Gasteiger partial charge in [0.2, 0.25) is 5.91 Å².